The molecule has 2 aliphatic rings. The topological polar surface area (TPSA) is 12.4 Å². The van der Waals surface area contributed by atoms with E-state index in [1.165, 1.54) is 21.6 Å². The third kappa shape index (κ3) is 0.903. The highest BCUT2D eigenvalue weighted by Gasteiger charge is 2.11. The van der Waals surface area contributed by atoms with Crippen LogP contribution in [-0.4, -0.2) is 12.8 Å². The zero-order chi connectivity index (χ0) is 8.67. The third-order valence-electron chi connectivity index (χ3n) is 2.55. The van der Waals surface area contributed by atoms with Crippen molar-refractivity contribution < 1.29 is 0 Å². The fraction of sp³-hybridized carbons (Fsp3) is 0.0833. The normalized spacial score (nSPS) is 17.5. The van der Waals surface area contributed by atoms with Crippen molar-refractivity contribution in [2.45, 2.75) is 0 Å². The molecule has 0 bridgehead atoms. The van der Waals surface area contributed by atoms with Crippen LogP contribution in [0.4, 0.5) is 0 Å². The SMILES string of the molecule is C1=NCC2=c3ccccc3=CC2=C1. The van der Waals surface area contributed by atoms with Crippen LogP contribution in [0, 0.1) is 0 Å². The fourth-order valence-corrected chi connectivity index (χ4v) is 1.91. The van der Waals surface area contributed by atoms with E-state index in [0.29, 0.717) is 0 Å². The van der Waals surface area contributed by atoms with Gasteiger partial charge in [0.2, 0.25) is 0 Å². The predicted molar refractivity (Wildman–Crippen MR) is 55.0 cm³/mol. The molecule has 0 aromatic heterocycles. The van der Waals surface area contributed by atoms with Gasteiger partial charge in [0.15, 0.2) is 0 Å². The summed E-state index contributed by atoms with van der Waals surface area (Å²) in [5.74, 6) is 0. The number of rotatable bonds is 0. The Morgan fingerprint density at radius 2 is 2.08 bits per heavy atom. The lowest BCUT2D eigenvalue weighted by Gasteiger charge is -2.04. The van der Waals surface area contributed by atoms with Crippen molar-refractivity contribution in [3.63, 3.8) is 0 Å². The molecule has 1 heteroatoms. The summed E-state index contributed by atoms with van der Waals surface area (Å²) in [6.07, 6.45) is 6.20. The first kappa shape index (κ1) is 6.84. The van der Waals surface area contributed by atoms with Gasteiger partial charge in [-0.1, -0.05) is 24.3 Å². The van der Waals surface area contributed by atoms with E-state index in [2.05, 4.69) is 41.4 Å². The maximum Gasteiger partial charge on any atom is 0.0651 e. The van der Waals surface area contributed by atoms with Gasteiger partial charge in [-0.15, -0.1) is 0 Å². The van der Waals surface area contributed by atoms with Crippen LogP contribution >= 0.6 is 0 Å². The summed E-state index contributed by atoms with van der Waals surface area (Å²) in [6.45, 7) is 0.833. The average Bonchev–Trinajstić information content (AvgIpc) is 2.56. The Hall–Kier alpha value is -1.63. The predicted octanol–water partition coefficient (Wildman–Crippen LogP) is 0.642. The first-order chi connectivity index (χ1) is 6.45. The molecule has 1 aliphatic carbocycles. The summed E-state index contributed by atoms with van der Waals surface area (Å²) in [5, 5.41) is 2.68. The molecule has 0 radical (unpaired) electrons. The van der Waals surface area contributed by atoms with Crippen molar-refractivity contribution in [1.29, 1.82) is 0 Å². The van der Waals surface area contributed by atoms with Gasteiger partial charge in [-0.2, -0.15) is 0 Å². The van der Waals surface area contributed by atoms with Gasteiger partial charge in [-0.05, 0) is 33.7 Å². The molecule has 0 spiro atoms. The minimum Gasteiger partial charge on any atom is -0.288 e. The summed E-state index contributed by atoms with van der Waals surface area (Å²) < 4.78 is 0. The average molecular weight is 167 g/mol. The molecule has 1 nitrogen and oxygen atoms in total. The highest BCUT2D eigenvalue weighted by Crippen LogP contribution is 2.16. The van der Waals surface area contributed by atoms with E-state index in [4.69, 9.17) is 0 Å². The van der Waals surface area contributed by atoms with E-state index in [9.17, 15) is 0 Å². The fourth-order valence-electron chi connectivity index (χ4n) is 1.91. The van der Waals surface area contributed by atoms with Crippen LogP contribution in [0.2, 0.25) is 0 Å². The van der Waals surface area contributed by atoms with Gasteiger partial charge in [0.25, 0.3) is 0 Å². The van der Waals surface area contributed by atoms with Crippen LogP contribution in [0.5, 0.6) is 0 Å². The number of benzene rings is 1. The Kier molecular flexibility index (Phi) is 1.28. The summed E-state index contributed by atoms with van der Waals surface area (Å²) in [7, 11) is 0. The maximum atomic E-state index is 4.26. The molecule has 0 fully saturated rings. The van der Waals surface area contributed by atoms with Crippen molar-refractivity contribution in [2.75, 3.05) is 6.54 Å². The Morgan fingerprint density at radius 1 is 1.15 bits per heavy atom. The Bertz CT molecular complexity index is 532. The first-order valence-electron chi connectivity index (χ1n) is 4.45. The minimum absolute atomic E-state index is 0.833. The number of fused-ring (bicyclic) bond motifs is 2. The van der Waals surface area contributed by atoms with Crippen molar-refractivity contribution in [3.05, 3.63) is 46.4 Å². The number of allylic oxidation sites excluding steroid dienone is 1. The number of aliphatic imine (C=N–C) groups is 1. The summed E-state index contributed by atoms with van der Waals surface area (Å²) in [5.41, 5.74) is 2.70. The van der Waals surface area contributed by atoms with Crippen molar-refractivity contribution in [3.8, 4) is 0 Å². The largest absolute Gasteiger partial charge is 0.288 e. The lowest BCUT2D eigenvalue weighted by atomic mass is 10.1. The standard InChI is InChI=1S/C12H9N/c1-2-4-11-9(3-1)7-10-5-6-13-8-12(10)11/h1-7H,8H2. The van der Waals surface area contributed by atoms with E-state index in [1.807, 2.05) is 6.21 Å². The van der Waals surface area contributed by atoms with Gasteiger partial charge in [-0.25, -0.2) is 0 Å². The molecule has 1 aromatic rings. The molecule has 0 saturated heterocycles. The van der Waals surface area contributed by atoms with Crippen LogP contribution in [0.1, 0.15) is 0 Å². The Labute approximate surface area is 76.4 Å². The molecule has 0 N–H and O–H groups in total. The van der Waals surface area contributed by atoms with Crippen LogP contribution in [-0.2, 0) is 0 Å². The van der Waals surface area contributed by atoms with Gasteiger partial charge < -0.3 is 0 Å². The number of nitrogens with zero attached hydrogens (tertiary/aromatic N) is 1. The number of hydrogen-bond acceptors (Lipinski definition) is 1. The molecule has 0 atom stereocenters. The number of dihydropyridines is 1. The second-order valence-corrected chi connectivity index (χ2v) is 3.32. The maximum absolute atomic E-state index is 4.26. The quantitative estimate of drug-likeness (QED) is 0.538. The van der Waals surface area contributed by atoms with E-state index in [0.717, 1.165) is 6.54 Å². The molecule has 3 rings (SSSR count). The van der Waals surface area contributed by atoms with Crippen molar-refractivity contribution >= 4 is 17.9 Å². The molecule has 13 heavy (non-hydrogen) atoms. The van der Waals surface area contributed by atoms with Gasteiger partial charge in [0.05, 0.1) is 6.54 Å². The van der Waals surface area contributed by atoms with Crippen molar-refractivity contribution in [2.24, 2.45) is 4.99 Å². The van der Waals surface area contributed by atoms with Crippen LogP contribution in [0.15, 0.2) is 40.9 Å². The third-order valence-corrected chi connectivity index (χ3v) is 2.55. The van der Waals surface area contributed by atoms with Crippen LogP contribution < -0.4 is 10.4 Å². The minimum atomic E-state index is 0.833. The summed E-state index contributed by atoms with van der Waals surface area (Å²) >= 11 is 0. The van der Waals surface area contributed by atoms with E-state index < -0.39 is 0 Å². The molecular formula is C12H9N. The first-order valence-corrected chi connectivity index (χ1v) is 4.45. The van der Waals surface area contributed by atoms with Crippen molar-refractivity contribution in [1.82, 2.24) is 0 Å². The second-order valence-electron chi connectivity index (χ2n) is 3.32. The lowest BCUT2D eigenvalue weighted by molar-refractivity contribution is 1.25. The smallest absolute Gasteiger partial charge is 0.0651 e. The van der Waals surface area contributed by atoms with E-state index in [1.54, 1.807) is 0 Å². The monoisotopic (exact) mass is 167 g/mol. The molecule has 62 valence electrons. The molecule has 1 heterocycles. The molecule has 0 saturated carbocycles. The van der Waals surface area contributed by atoms with Crippen LogP contribution in [0.3, 0.4) is 0 Å². The van der Waals surface area contributed by atoms with Gasteiger partial charge in [-0.3, -0.25) is 4.99 Å². The molecular weight excluding hydrogens is 158 g/mol. The Balaban J connectivity index is 2.46. The lowest BCUT2D eigenvalue weighted by Crippen LogP contribution is -2.22. The highest BCUT2D eigenvalue weighted by atomic mass is 14.7. The van der Waals surface area contributed by atoms with Gasteiger partial charge in [0, 0.05) is 6.21 Å². The van der Waals surface area contributed by atoms with Gasteiger partial charge >= 0.3 is 0 Å². The van der Waals surface area contributed by atoms with E-state index >= 15 is 0 Å². The number of hydrogen-bond donors (Lipinski definition) is 0. The zero-order valence-corrected chi connectivity index (χ0v) is 7.20. The molecule has 1 aromatic carbocycles. The zero-order valence-electron chi connectivity index (χ0n) is 7.20. The molecule has 1 aliphatic heterocycles. The molecule has 0 unspecified atom stereocenters. The van der Waals surface area contributed by atoms with E-state index in [-0.39, 0.29) is 0 Å². The second kappa shape index (κ2) is 2.43. The van der Waals surface area contributed by atoms with Crippen LogP contribution in [0.25, 0.3) is 11.6 Å². The highest BCUT2D eigenvalue weighted by molar-refractivity contribution is 5.92. The van der Waals surface area contributed by atoms with Gasteiger partial charge in [0.1, 0.15) is 0 Å². The molecule has 0 amide bonds. The summed E-state index contributed by atoms with van der Waals surface area (Å²) in [6, 6.07) is 8.49. The summed E-state index contributed by atoms with van der Waals surface area (Å²) in [4.78, 5) is 4.26. The Morgan fingerprint density at radius 3 is 3.08 bits per heavy atom.